The van der Waals surface area contributed by atoms with E-state index in [1.807, 2.05) is 6.92 Å². The number of nitro benzene ring substituents is 1. The summed E-state index contributed by atoms with van der Waals surface area (Å²) in [6, 6.07) is 10.9. The molecule has 2 rings (SSSR count). The van der Waals surface area contributed by atoms with Crippen molar-refractivity contribution in [1.82, 2.24) is 0 Å². The second-order valence-corrected chi connectivity index (χ2v) is 5.25. The van der Waals surface area contributed by atoms with E-state index in [1.54, 1.807) is 24.3 Å². The Labute approximate surface area is 134 Å². The Bertz CT molecular complexity index is 717. The molecule has 0 aliphatic heterocycles. The maximum atomic E-state index is 11.7. The summed E-state index contributed by atoms with van der Waals surface area (Å²) in [6.07, 6.45) is 0. The molecule has 2 aromatic carbocycles. The molecule has 0 aliphatic carbocycles. The van der Waals surface area contributed by atoms with Crippen molar-refractivity contribution in [2.24, 2.45) is 0 Å². The highest BCUT2D eigenvalue weighted by atomic mass is 79.9. The summed E-state index contributed by atoms with van der Waals surface area (Å²) in [7, 11) is 0. The van der Waals surface area contributed by atoms with Crippen molar-refractivity contribution in [1.29, 1.82) is 0 Å². The summed E-state index contributed by atoms with van der Waals surface area (Å²) in [5.74, 6) is -0.303. The molecule has 0 fully saturated rings. The third kappa shape index (κ3) is 4.05. The van der Waals surface area contributed by atoms with Crippen LogP contribution in [0.2, 0.25) is 0 Å². The van der Waals surface area contributed by atoms with Crippen LogP contribution in [0.5, 0.6) is 11.5 Å². The van der Waals surface area contributed by atoms with E-state index in [0.717, 1.165) is 10.0 Å². The molecular formula is C15H12BrNO5. The van der Waals surface area contributed by atoms with E-state index < -0.39 is 10.9 Å². The van der Waals surface area contributed by atoms with Gasteiger partial charge in [0.15, 0.2) is 6.61 Å². The minimum atomic E-state index is -0.713. The van der Waals surface area contributed by atoms with Gasteiger partial charge in [-0.05, 0) is 36.8 Å². The number of para-hydroxylation sites is 2. The summed E-state index contributed by atoms with van der Waals surface area (Å²) < 4.78 is 11.2. The number of benzene rings is 2. The standard InChI is InChI=1S/C15H12BrNO5/c1-10-8-11(6-7-12(10)16)21-9-15(18)22-14-5-3-2-4-13(14)17(19)20/h2-8H,9H2,1H3. The van der Waals surface area contributed by atoms with Crippen molar-refractivity contribution >= 4 is 27.6 Å². The van der Waals surface area contributed by atoms with E-state index in [2.05, 4.69) is 15.9 Å². The molecule has 2 aromatic rings. The lowest BCUT2D eigenvalue weighted by atomic mass is 10.2. The minimum absolute atomic E-state index is 0.104. The highest BCUT2D eigenvalue weighted by Crippen LogP contribution is 2.26. The third-order valence-corrected chi connectivity index (χ3v) is 3.66. The quantitative estimate of drug-likeness (QED) is 0.349. The van der Waals surface area contributed by atoms with E-state index >= 15 is 0 Å². The van der Waals surface area contributed by atoms with Crippen LogP contribution in [0.1, 0.15) is 5.56 Å². The van der Waals surface area contributed by atoms with Crippen LogP contribution in [-0.2, 0) is 4.79 Å². The number of aryl methyl sites for hydroxylation is 1. The Morgan fingerprint density at radius 3 is 2.68 bits per heavy atom. The van der Waals surface area contributed by atoms with Crippen molar-refractivity contribution in [3.8, 4) is 11.5 Å². The van der Waals surface area contributed by atoms with Gasteiger partial charge in [-0.15, -0.1) is 0 Å². The predicted octanol–water partition coefficient (Wildman–Crippen LogP) is 3.65. The smallest absolute Gasteiger partial charge is 0.349 e. The van der Waals surface area contributed by atoms with Gasteiger partial charge in [-0.2, -0.15) is 0 Å². The zero-order chi connectivity index (χ0) is 16.1. The van der Waals surface area contributed by atoms with Crippen LogP contribution in [-0.4, -0.2) is 17.5 Å². The largest absolute Gasteiger partial charge is 0.482 e. The van der Waals surface area contributed by atoms with Gasteiger partial charge >= 0.3 is 11.7 Å². The van der Waals surface area contributed by atoms with Crippen molar-refractivity contribution in [3.05, 3.63) is 62.6 Å². The molecule has 7 heteroatoms. The minimum Gasteiger partial charge on any atom is -0.482 e. The molecule has 22 heavy (non-hydrogen) atoms. The monoisotopic (exact) mass is 365 g/mol. The van der Waals surface area contributed by atoms with Crippen LogP contribution in [0.4, 0.5) is 5.69 Å². The Morgan fingerprint density at radius 2 is 2.00 bits per heavy atom. The number of rotatable bonds is 5. The normalized spacial score (nSPS) is 10.1. The van der Waals surface area contributed by atoms with Gasteiger partial charge in [-0.1, -0.05) is 28.1 Å². The number of hydrogen-bond donors (Lipinski definition) is 0. The van der Waals surface area contributed by atoms with E-state index in [1.165, 1.54) is 18.2 Å². The lowest BCUT2D eigenvalue weighted by Gasteiger charge is -2.08. The van der Waals surface area contributed by atoms with Gasteiger partial charge in [-0.3, -0.25) is 10.1 Å². The molecule has 0 saturated carbocycles. The molecule has 0 radical (unpaired) electrons. The summed E-state index contributed by atoms with van der Waals surface area (Å²) in [6.45, 7) is 1.55. The van der Waals surface area contributed by atoms with Crippen molar-refractivity contribution in [3.63, 3.8) is 0 Å². The molecule has 0 aliphatic rings. The molecule has 114 valence electrons. The van der Waals surface area contributed by atoms with Gasteiger partial charge in [0.25, 0.3) is 0 Å². The number of esters is 1. The fraction of sp³-hybridized carbons (Fsp3) is 0.133. The first-order valence-electron chi connectivity index (χ1n) is 6.30. The summed E-state index contributed by atoms with van der Waals surface area (Å²) >= 11 is 3.36. The summed E-state index contributed by atoms with van der Waals surface area (Å²) in [4.78, 5) is 22.0. The third-order valence-electron chi connectivity index (χ3n) is 2.77. The topological polar surface area (TPSA) is 78.7 Å². The first-order chi connectivity index (χ1) is 10.5. The molecular weight excluding hydrogens is 354 g/mol. The summed E-state index contributed by atoms with van der Waals surface area (Å²) in [5, 5.41) is 10.8. The zero-order valence-electron chi connectivity index (χ0n) is 11.6. The van der Waals surface area contributed by atoms with Gasteiger partial charge < -0.3 is 9.47 Å². The zero-order valence-corrected chi connectivity index (χ0v) is 13.2. The molecule has 0 amide bonds. The Morgan fingerprint density at radius 1 is 1.27 bits per heavy atom. The number of halogens is 1. The van der Waals surface area contributed by atoms with Gasteiger partial charge in [-0.25, -0.2) is 4.79 Å². The molecule has 6 nitrogen and oxygen atoms in total. The molecule has 0 spiro atoms. The number of nitrogens with zero attached hydrogens (tertiary/aromatic N) is 1. The maximum absolute atomic E-state index is 11.7. The average Bonchev–Trinajstić information content (AvgIpc) is 2.49. The van der Waals surface area contributed by atoms with Crippen molar-refractivity contribution in [2.75, 3.05) is 6.61 Å². The van der Waals surface area contributed by atoms with E-state index in [9.17, 15) is 14.9 Å². The summed E-state index contributed by atoms with van der Waals surface area (Å²) in [5.41, 5.74) is 0.694. The first kappa shape index (κ1) is 16.0. The van der Waals surface area contributed by atoms with Gasteiger partial charge in [0, 0.05) is 10.5 Å². The first-order valence-corrected chi connectivity index (χ1v) is 7.09. The number of nitro groups is 1. The van der Waals surface area contributed by atoms with E-state index in [-0.39, 0.29) is 18.0 Å². The van der Waals surface area contributed by atoms with Crippen LogP contribution in [0.25, 0.3) is 0 Å². The highest BCUT2D eigenvalue weighted by molar-refractivity contribution is 9.10. The fourth-order valence-electron chi connectivity index (χ4n) is 1.70. The van der Waals surface area contributed by atoms with Gasteiger partial charge in [0.2, 0.25) is 5.75 Å². The van der Waals surface area contributed by atoms with Crippen LogP contribution >= 0.6 is 15.9 Å². The number of hydrogen-bond acceptors (Lipinski definition) is 5. The van der Waals surface area contributed by atoms with Crippen LogP contribution < -0.4 is 9.47 Å². The fourth-order valence-corrected chi connectivity index (χ4v) is 1.94. The SMILES string of the molecule is Cc1cc(OCC(=O)Oc2ccccc2[N+](=O)[O-])ccc1Br. The molecule has 0 atom stereocenters. The molecule has 0 aromatic heterocycles. The molecule has 0 saturated heterocycles. The Balaban J connectivity index is 1.99. The van der Waals surface area contributed by atoms with E-state index in [0.29, 0.717) is 5.75 Å². The van der Waals surface area contributed by atoms with Gasteiger partial charge in [0.05, 0.1) is 4.92 Å². The lowest BCUT2D eigenvalue weighted by molar-refractivity contribution is -0.385. The second-order valence-electron chi connectivity index (χ2n) is 4.40. The molecule has 0 N–H and O–H groups in total. The molecule has 0 bridgehead atoms. The Hall–Kier alpha value is -2.41. The second kappa shape index (κ2) is 7.04. The number of carbonyl (C=O) groups is 1. The van der Waals surface area contributed by atoms with E-state index in [4.69, 9.17) is 9.47 Å². The molecule has 0 unspecified atom stereocenters. The lowest BCUT2D eigenvalue weighted by Crippen LogP contribution is -2.18. The number of carbonyl (C=O) groups excluding carboxylic acids is 1. The van der Waals surface area contributed by atoms with Crippen LogP contribution in [0, 0.1) is 17.0 Å². The Kier molecular flexibility index (Phi) is 5.11. The number of ether oxygens (including phenoxy) is 2. The molecule has 0 heterocycles. The highest BCUT2D eigenvalue weighted by Gasteiger charge is 2.17. The van der Waals surface area contributed by atoms with Gasteiger partial charge in [0.1, 0.15) is 5.75 Å². The predicted molar refractivity (Wildman–Crippen MR) is 83.1 cm³/mol. The average molecular weight is 366 g/mol. The van der Waals surface area contributed by atoms with Crippen LogP contribution in [0.3, 0.4) is 0 Å². The van der Waals surface area contributed by atoms with Crippen molar-refractivity contribution in [2.45, 2.75) is 6.92 Å². The maximum Gasteiger partial charge on any atom is 0.349 e. The van der Waals surface area contributed by atoms with Crippen molar-refractivity contribution < 1.29 is 19.2 Å². The van der Waals surface area contributed by atoms with Crippen LogP contribution in [0.15, 0.2) is 46.9 Å².